The zero-order chi connectivity index (χ0) is 13.7. The van der Waals surface area contributed by atoms with Crippen molar-refractivity contribution in [2.75, 3.05) is 0 Å². The summed E-state index contributed by atoms with van der Waals surface area (Å²) in [6.45, 7) is 0. The zero-order valence-electron chi connectivity index (χ0n) is 10.6. The molecule has 1 aliphatic heterocycles. The smallest absolute Gasteiger partial charge is 0.338 e. The van der Waals surface area contributed by atoms with Crippen LogP contribution < -0.4 is 0 Å². The number of allylic oxidation sites excluding steroid dienone is 3. The highest BCUT2D eigenvalue weighted by atomic mass is 16.5. The van der Waals surface area contributed by atoms with Gasteiger partial charge in [0, 0.05) is 6.42 Å². The summed E-state index contributed by atoms with van der Waals surface area (Å²) >= 11 is 0. The highest BCUT2D eigenvalue weighted by Crippen LogP contribution is 2.18. The molecular formula is C15H16O4. The molecule has 0 saturated heterocycles. The predicted molar refractivity (Wildman–Crippen MR) is 69.3 cm³/mol. The predicted octanol–water partition coefficient (Wildman–Crippen LogP) is 2.05. The number of rotatable bonds is 0. The largest absolute Gasteiger partial charge is 0.454 e. The van der Waals surface area contributed by atoms with Gasteiger partial charge < -0.3 is 4.74 Å². The standard InChI is InChI=1S/C15H16O4/c16-12-6-4-2-1-3-5-11-9-14(19-15(11)18)10-13(17)8-7-12/h3,5,7-9,14H,1-2,4,6,10H2/b5-3-,8-7-/t14-/m0/s1. The van der Waals surface area contributed by atoms with E-state index >= 15 is 0 Å². The minimum absolute atomic E-state index is 0.0333. The number of ether oxygens (including phenoxy) is 1. The van der Waals surface area contributed by atoms with Gasteiger partial charge in [-0.1, -0.05) is 12.2 Å². The maximum Gasteiger partial charge on any atom is 0.338 e. The molecule has 0 aromatic carbocycles. The van der Waals surface area contributed by atoms with Crippen molar-refractivity contribution in [3.63, 3.8) is 0 Å². The molecule has 0 aromatic rings. The van der Waals surface area contributed by atoms with Crippen LogP contribution in [-0.4, -0.2) is 23.6 Å². The van der Waals surface area contributed by atoms with E-state index in [1.54, 1.807) is 12.2 Å². The molecular weight excluding hydrogens is 244 g/mol. The first-order valence-corrected chi connectivity index (χ1v) is 6.48. The van der Waals surface area contributed by atoms with Crippen LogP contribution in [0.2, 0.25) is 0 Å². The SMILES string of the molecule is O=C1/C=C\C(=O)C[C@@H]2C=C(/C=C\CCCC1)C(=O)O2. The Hall–Kier alpha value is -1.97. The second-order valence-electron chi connectivity index (χ2n) is 4.68. The number of fused-ring (bicyclic) bond motifs is 1. The van der Waals surface area contributed by atoms with E-state index in [0.29, 0.717) is 12.0 Å². The maximum absolute atomic E-state index is 11.6. The Morgan fingerprint density at radius 3 is 2.63 bits per heavy atom. The Kier molecular flexibility index (Phi) is 4.44. The van der Waals surface area contributed by atoms with Gasteiger partial charge >= 0.3 is 5.97 Å². The summed E-state index contributed by atoms with van der Waals surface area (Å²) in [7, 11) is 0. The van der Waals surface area contributed by atoms with Crippen LogP contribution in [0.15, 0.2) is 36.0 Å². The van der Waals surface area contributed by atoms with Gasteiger partial charge in [0.2, 0.25) is 0 Å². The number of carbonyl (C=O) groups is 3. The molecule has 100 valence electrons. The molecule has 1 heterocycles. The van der Waals surface area contributed by atoms with E-state index in [0.717, 1.165) is 19.3 Å². The molecule has 0 radical (unpaired) electrons. The normalized spacial score (nSPS) is 28.3. The van der Waals surface area contributed by atoms with Crippen molar-refractivity contribution >= 4 is 17.5 Å². The van der Waals surface area contributed by atoms with Crippen LogP contribution in [-0.2, 0) is 19.1 Å². The lowest BCUT2D eigenvalue weighted by Gasteiger charge is -2.04. The quantitative estimate of drug-likeness (QED) is 0.625. The van der Waals surface area contributed by atoms with Crippen molar-refractivity contribution in [1.29, 1.82) is 0 Å². The molecule has 2 bridgehead atoms. The molecule has 4 nitrogen and oxygen atoms in total. The molecule has 4 heteroatoms. The number of carbonyl (C=O) groups excluding carboxylic acids is 3. The van der Waals surface area contributed by atoms with Crippen molar-refractivity contribution in [2.45, 2.75) is 38.2 Å². The van der Waals surface area contributed by atoms with E-state index in [-0.39, 0.29) is 24.0 Å². The molecule has 0 fully saturated rings. The molecule has 0 spiro atoms. The summed E-state index contributed by atoms with van der Waals surface area (Å²) in [5.41, 5.74) is 0.509. The number of hydrogen-bond acceptors (Lipinski definition) is 4. The molecule has 2 rings (SSSR count). The van der Waals surface area contributed by atoms with Crippen LogP contribution in [0.4, 0.5) is 0 Å². The van der Waals surface area contributed by atoms with Crippen LogP contribution in [0.5, 0.6) is 0 Å². The first-order valence-electron chi connectivity index (χ1n) is 6.48. The highest BCUT2D eigenvalue weighted by molar-refractivity contribution is 6.00. The fourth-order valence-electron chi connectivity index (χ4n) is 2.04. The van der Waals surface area contributed by atoms with Gasteiger partial charge in [0.15, 0.2) is 11.6 Å². The number of ketones is 2. The summed E-state index contributed by atoms with van der Waals surface area (Å²) in [6, 6.07) is 0. The molecule has 1 atom stereocenters. The average molecular weight is 260 g/mol. The van der Waals surface area contributed by atoms with Gasteiger partial charge in [0.1, 0.15) is 6.10 Å². The molecule has 19 heavy (non-hydrogen) atoms. The van der Waals surface area contributed by atoms with E-state index in [4.69, 9.17) is 4.74 Å². The second kappa shape index (κ2) is 6.27. The van der Waals surface area contributed by atoms with E-state index in [1.807, 2.05) is 6.08 Å². The van der Waals surface area contributed by atoms with Crippen molar-refractivity contribution in [2.24, 2.45) is 0 Å². The topological polar surface area (TPSA) is 60.4 Å². The van der Waals surface area contributed by atoms with Crippen LogP contribution in [0.1, 0.15) is 32.1 Å². The van der Waals surface area contributed by atoms with Crippen molar-refractivity contribution in [1.82, 2.24) is 0 Å². The van der Waals surface area contributed by atoms with Crippen LogP contribution >= 0.6 is 0 Å². The van der Waals surface area contributed by atoms with E-state index < -0.39 is 6.10 Å². The molecule has 0 unspecified atom stereocenters. The van der Waals surface area contributed by atoms with Gasteiger partial charge in [-0.2, -0.15) is 0 Å². The lowest BCUT2D eigenvalue weighted by atomic mass is 10.1. The van der Waals surface area contributed by atoms with Gasteiger partial charge in [0.05, 0.1) is 12.0 Å². The first-order chi connectivity index (χ1) is 9.15. The average Bonchev–Trinajstić information content (AvgIpc) is 2.70. The van der Waals surface area contributed by atoms with Gasteiger partial charge in [-0.05, 0) is 37.5 Å². The van der Waals surface area contributed by atoms with Crippen molar-refractivity contribution in [3.8, 4) is 0 Å². The zero-order valence-corrected chi connectivity index (χ0v) is 10.6. The third-order valence-corrected chi connectivity index (χ3v) is 3.06. The van der Waals surface area contributed by atoms with Crippen molar-refractivity contribution in [3.05, 3.63) is 36.0 Å². The Morgan fingerprint density at radius 1 is 1.00 bits per heavy atom. The Balaban J connectivity index is 2.11. The van der Waals surface area contributed by atoms with Gasteiger partial charge in [-0.25, -0.2) is 4.79 Å². The van der Waals surface area contributed by atoms with Gasteiger partial charge in [-0.15, -0.1) is 0 Å². The first kappa shape index (κ1) is 13.5. The molecule has 0 amide bonds. The molecule has 0 saturated carbocycles. The fraction of sp³-hybridized carbons (Fsp3) is 0.400. The van der Waals surface area contributed by atoms with E-state index in [2.05, 4.69) is 0 Å². The van der Waals surface area contributed by atoms with Gasteiger partial charge in [0.25, 0.3) is 0 Å². The molecule has 1 aliphatic carbocycles. The van der Waals surface area contributed by atoms with Crippen LogP contribution in [0.25, 0.3) is 0 Å². The molecule has 2 aliphatic rings. The van der Waals surface area contributed by atoms with Crippen LogP contribution in [0, 0.1) is 0 Å². The van der Waals surface area contributed by atoms with Crippen LogP contribution in [0.3, 0.4) is 0 Å². The minimum Gasteiger partial charge on any atom is -0.454 e. The highest BCUT2D eigenvalue weighted by Gasteiger charge is 2.25. The molecule has 0 aromatic heterocycles. The second-order valence-corrected chi connectivity index (χ2v) is 4.68. The fourth-order valence-corrected chi connectivity index (χ4v) is 2.04. The summed E-state index contributed by atoms with van der Waals surface area (Å²) < 4.78 is 5.08. The third kappa shape index (κ3) is 4.02. The Bertz CT molecular complexity index is 482. The lowest BCUT2D eigenvalue weighted by molar-refractivity contribution is -0.140. The molecule has 0 N–H and O–H groups in total. The van der Waals surface area contributed by atoms with Crippen molar-refractivity contribution < 1.29 is 19.1 Å². The third-order valence-electron chi connectivity index (χ3n) is 3.06. The van der Waals surface area contributed by atoms with E-state index in [9.17, 15) is 14.4 Å². The summed E-state index contributed by atoms with van der Waals surface area (Å²) in [4.78, 5) is 34.6. The van der Waals surface area contributed by atoms with E-state index in [1.165, 1.54) is 12.2 Å². The Labute approximate surface area is 111 Å². The summed E-state index contributed by atoms with van der Waals surface area (Å²) in [5.74, 6) is -0.622. The van der Waals surface area contributed by atoms with Gasteiger partial charge in [-0.3, -0.25) is 9.59 Å². The Morgan fingerprint density at radius 2 is 1.79 bits per heavy atom. The maximum atomic E-state index is 11.6. The number of hydrogen-bond donors (Lipinski definition) is 0. The lowest BCUT2D eigenvalue weighted by Crippen LogP contribution is -2.12. The number of esters is 1. The summed E-state index contributed by atoms with van der Waals surface area (Å²) in [5, 5.41) is 0. The minimum atomic E-state index is -0.512. The monoisotopic (exact) mass is 260 g/mol. The summed E-state index contributed by atoms with van der Waals surface area (Å²) in [6.07, 6.45) is 10.4.